The first-order valence-electron chi connectivity index (χ1n) is 2.68. The molecule has 0 bridgehead atoms. The van der Waals surface area contributed by atoms with Crippen LogP contribution >= 0.6 is 0 Å². The predicted molar refractivity (Wildman–Crippen MR) is 36.8 cm³/mol. The van der Waals surface area contributed by atoms with Crippen LogP contribution in [0.4, 0.5) is 4.79 Å². The number of aliphatic carboxylic acids is 1. The third-order valence-electron chi connectivity index (χ3n) is 0.301. The molecule has 0 aliphatic heterocycles. The molecule has 0 atom stereocenters. The average molecular weight is 314 g/mol. The van der Waals surface area contributed by atoms with E-state index in [-0.39, 0.29) is 88.7 Å². The normalized spacial score (nSPS) is 7.06. The van der Waals surface area contributed by atoms with E-state index < -0.39 is 28.3 Å². The van der Waals surface area contributed by atoms with Crippen molar-refractivity contribution >= 4 is 28.3 Å². The van der Waals surface area contributed by atoms with Crippen LogP contribution in [0.1, 0.15) is 6.92 Å². The Balaban J connectivity index is -0.0000000282. The summed E-state index contributed by atoms with van der Waals surface area (Å²) in [4.78, 5) is 27.3. The van der Waals surface area contributed by atoms with E-state index in [2.05, 4.69) is 0 Å². The van der Waals surface area contributed by atoms with Crippen molar-refractivity contribution in [3.05, 3.63) is 0 Å². The van der Waals surface area contributed by atoms with E-state index in [9.17, 15) is 9.59 Å². The van der Waals surface area contributed by atoms with E-state index in [1.54, 1.807) is 0 Å². The van der Waals surface area contributed by atoms with Crippen molar-refractivity contribution in [2.45, 2.75) is 6.92 Å². The molecule has 0 saturated carbocycles. The van der Waals surface area contributed by atoms with Gasteiger partial charge in [-0.3, -0.25) is 13.2 Å². The zero-order chi connectivity index (χ0) is 13.2. The Labute approximate surface area is 169 Å². The maximum atomic E-state index is 9.54. The third-order valence-corrected chi connectivity index (χ3v) is 0.301. The number of carbonyl (C=O) groups is 3. The molecular formula is C4H5Na3O10S. The van der Waals surface area contributed by atoms with E-state index in [4.69, 9.17) is 37.6 Å². The number of rotatable bonds is 1. The summed E-state index contributed by atoms with van der Waals surface area (Å²) in [7, 11) is -5.17. The Hall–Kier alpha value is 1.28. The summed E-state index contributed by atoms with van der Waals surface area (Å²) in [6.07, 6.45) is -2.08. The summed E-state index contributed by atoms with van der Waals surface area (Å²) in [6.45, 7) is 1.00. The smallest absolute Gasteiger partial charge is 0.759 e. The Morgan fingerprint density at radius 2 is 1.00 bits per heavy atom. The Bertz CT molecular complexity index is 300. The number of hydrogen-bond acceptors (Lipinski definition) is 8. The van der Waals surface area contributed by atoms with Gasteiger partial charge in [0.2, 0.25) is 11.9 Å². The number of carboxylic acid groups (broad SMARTS) is 3. The summed E-state index contributed by atoms with van der Waals surface area (Å²) in [5.74, 6) is -2.20. The van der Waals surface area contributed by atoms with Crippen LogP contribution in [0.2, 0.25) is 0 Å². The molecule has 0 aromatic rings. The first-order valence-corrected chi connectivity index (χ1v) is 4.01. The van der Waals surface area contributed by atoms with Gasteiger partial charge in [0.25, 0.3) is 0 Å². The minimum Gasteiger partial charge on any atom is -0.759 e. The minimum atomic E-state index is -5.17. The summed E-state index contributed by atoms with van der Waals surface area (Å²) in [5.41, 5.74) is 0. The molecule has 0 rings (SSSR count). The number of carboxylic acids is 1. The fraction of sp³-hybridized carbons (Fsp3) is 0.250. The van der Waals surface area contributed by atoms with Gasteiger partial charge in [-0.2, -0.15) is 0 Å². The van der Waals surface area contributed by atoms with Crippen LogP contribution < -0.4 is 93.8 Å². The van der Waals surface area contributed by atoms with Crippen LogP contribution in [-0.4, -0.2) is 45.6 Å². The summed E-state index contributed by atoms with van der Waals surface area (Å²) >= 11 is 0. The molecule has 0 fully saturated rings. The molecule has 2 N–H and O–H groups in total. The second-order valence-corrected chi connectivity index (χ2v) is 2.35. The molecule has 90 valence electrons. The van der Waals surface area contributed by atoms with Crippen molar-refractivity contribution in [3.63, 3.8) is 0 Å². The Morgan fingerprint density at radius 3 is 1.00 bits per heavy atom. The zero-order valence-electron chi connectivity index (χ0n) is 10.1. The van der Waals surface area contributed by atoms with Crippen molar-refractivity contribution < 1.29 is 136 Å². The van der Waals surface area contributed by atoms with Crippen LogP contribution in [0.25, 0.3) is 0 Å². The van der Waals surface area contributed by atoms with E-state index in [1.807, 2.05) is 0 Å². The molecule has 0 aliphatic rings. The third kappa shape index (κ3) is 164. The molecule has 0 aromatic carbocycles. The van der Waals surface area contributed by atoms with Crippen LogP contribution in [0.3, 0.4) is 0 Å². The van der Waals surface area contributed by atoms with Gasteiger partial charge in [-0.25, -0.2) is 4.79 Å². The zero-order valence-corrected chi connectivity index (χ0v) is 16.9. The van der Waals surface area contributed by atoms with Gasteiger partial charge in [-0.1, -0.05) is 0 Å². The standard InChI is InChI=1S/C3H4O3.CH2O3.3Na.H2O4S/c1-2(4)3(5)6;2-1(3)4;;;;1-5(2,3)4/h1H3,(H,5,6);(H2,2,3,4);;;;(H2,1,2,3,4)/q;;3*+1;/p-3. The first-order chi connectivity index (χ1) is 6.37. The van der Waals surface area contributed by atoms with Crippen molar-refractivity contribution in [1.82, 2.24) is 0 Å². The second kappa shape index (κ2) is 20.6. The summed E-state index contributed by atoms with van der Waals surface area (Å²) in [6, 6.07) is 0. The van der Waals surface area contributed by atoms with Gasteiger partial charge >= 0.3 is 94.6 Å². The molecule has 0 aromatic heterocycles. The van der Waals surface area contributed by atoms with Gasteiger partial charge < -0.3 is 29.2 Å². The molecule has 0 saturated heterocycles. The van der Waals surface area contributed by atoms with Gasteiger partial charge in [-0.15, -0.1) is 0 Å². The molecule has 14 heteroatoms. The fourth-order valence-electron chi connectivity index (χ4n) is 0. The van der Waals surface area contributed by atoms with Gasteiger partial charge in [0.15, 0.2) is 0 Å². The topological polar surface area (TPSA) is 195 Å². The predicted octanol–water partition coefficient (Wildman–Crippen LogP) is -11.8. The molecule has 0 spiro atoms. The van der Waals surface area contributed by atoms with Gasteiger partial charge in [0, 0.05) is 17.3 Å². The van der Waals surface area contributed by atoms with E-state index in [0.29, 0.717) is 0 Å². The number of ketones is 1. The Kier molecular flexibility index (Phi) is 41.8. The molecule has 0 amide bonds. The van der Waals surface area contributed by atoms with Crippen LogP contribution in [-0.2, 0) is 20.0 Å². The average Bonchev–Trinajstić information content (AvgIpc) is 1.80. The van der Waals surface area contributed by atoms with E-state index in [0.717, 1.165) is 6.92 Å². The maximum Gasteiger partial charge on any atom is 1.00 e. The summed E-state index contributed by atoms with van der Waals surface area (Å²) in [5, 5.41) is 22.9. The number of Topliss-reactive ketones (excluding diaryl/α,β-unsaturated/α-hetero) is 1. The van der Waals surface area contributed by atoms with Crippen LogP contribution in [0.15, 0.2) is 0 Å². The molecule has 10 nitrogen and oxygen atoms in total. The molecular weight excluding hydrogens is 309 g/mol. The monoisotopic (exact) mass is 314 g/mol. The molecule has 0 aliphatic carbocycles. The first kappa shape index (κ1) is 36.5. The van der Waals surface area contributed by atoms with Crippen molar-refractivity contribution in [3.8, 4) is 0 Å². The molecule has 0 heterocycles. The fourth-order valence-corrected chi connectivity index (χ4v) is 0. The van der Waals surface area contributed by atoms with Gasteiger partial charge in [0.05, 0.1) is 0 Å². The van der Waals surface area contributed by atoms with Crippen molar-refractivity contribution in [2.24, 2.45) is 0 Å². The second-order valence-electron chi connectivity index (χ2n) is 1.54. The summed E-state index contributed by atoms with van der Waals surface area (Å²) < 4.78 is 34.1. The van der Waals surface area contributed by atoms with E-state index in [1.165, 1.54) is 0 Å². The Morgan fingerprint density at radius 1 is 0.944 bits per heavy atom. The SMILES string of the molecule is CC(=O)C(=O)O.O=C([O-])O.O=S(=O)([O-])[O-].[Na+].[Na+].[Na+]. The number of carbonyl (C=O) groups excluding carboxylic acids is 1. The van der Waals surface area contributed by atoms with Gasteiger partial charge in [-0.05, 0) is 0 Å². The van der Waals surface area contributed by atoms with Crippen molar-refractivity contribution in [1.29, 1.82) is 0 Å². The van der Waals surface area contributed by atoms with Crippen molar-refractivity contribution in [2.75, 3.05) is 0 Å². The van der Waals surface area contributed by atoms with E-state index >= 15 is 0 Å². The van der Waals surface area contributed by atoms with Gasteiger partial charge in [0.1, 0.15) is 0 Å². The largest absolute Gasteiger partial charge is 1.00 e. The quantitative estimate of drug-likeness (QED) is 0.203. The molecule has 18 heavy (non-hydrogen) atoms. The molecule has 0 radical (unpaired) electrons. The van der Waals surface area contributed by atoms with Crippen LogP contribution in [0.5, 0.6) is 0 Å². The molecule has 0 unspecified atom stereocenters. The van der Waals surface area contributed by atoms with Crippen LogP contribution in [0, 0.1) is 0 Å². The number of hydrogen-bond donors (Lipinski definition) is 2. The maximum absolute atomic E-state index is 9.54. The minimum absolute atomic E-state index is 0.